The average Bonchev–Trinajstić information content (AvgIpc) is 2.62. The van der Waals surface area contributed by atoms with E-state index in [0.717, 1.165) is 25.1 Å². The number of anilines is 1. The Morgan fingerprint density at radius 3 is 2.81 bits per heavy atom. The lowest BCUT2D eigenvalue weighted by Gasteiger charge is -2.54. The van der Waals surface area contributed by atoms with Gasteiger partial charge in [-0.15, -0.1) is 0 Å². The summed E-state index contributed by atoms with van der Waals surface area (Å²) in [6, 6.07) is 15.8. The molecule has 2 aromatic rings. The number of carbonyl (C=O) groups is 1. The van der Waals surface area contributed by atoms with Gasteiger partial charge in [-0.25, -0.2) is 0 Å². The molecule has 136 valence electrons. The Labute approximate surface area is 154 Å². The van der Waals surface area contributed by atoms with Crippen LogP contribution in [0.3, 0.4) is 0 Å². The summed E-state index contributed by atoms with van der Waals surface area (Å²) >= 11 is 0. The number of nitrogens with one attached hydrogen (secondary N) is 1. The molecule has 2 bridgehead atoms. The van der Waals surface area contributed by atoms with E-state index in [1.165, 1.54) is 11.1 Å². The fraction of sp³-hybridized carbons (Fsp3) is 0.409. The van der Waals surface area contributed by atoms with E-state index in [0.29, 0.717) is 24.3 Å². The molecule has 1 amide bonds. The van der Waals surface area contributed by atoms with Gasteiger partial charge in [0.15, 0.2) is 0 Å². The number of phenolic OH excluding ortho intramolecular Hbond substituents is 1. The molecule has 1 fully saturated rings. The lowest BCUT2D eigenvalue weighted by molar-refractivity contribution is -0.119. The van der Waals surface area contributed by atoms with Crippen LogP contribution in [0.25, 0.3) is 0 Å². The zero-order valence-electron chi connectivity index (χ0n) is 15.4. The summed E-state index contributed by atoms with van der Waals surface area (Å²) in [4.78, 5) is 14.9. The molecular weight excluding hydrogens is 324 g/mol. The number of phenols is 1. The van der Waals surface area contributed by atoms with Gasteiger partial charge in [0.2, 0.25) is 5.91 Å². The summed E-state index contributed by atoms with van der Waals surface area (Å²) in [5.74, 6) is 0.832. The number of para-hydroxylation sites is 1. The Morgan fingerprint density at radius 2 is 2.04 bits per heavy atom. The van der Waals surface area contributed by atoms with Crippen LogP contribution in [0.15, 0.2) is 48.5 Å². The third-order valence-electron chi connectivity index (χ3n) is 6.51. The van der Waals surface area contributed by atoms with Crippen molar-refractivity contribution in [3.05, 3.63) is 59.7 Å². The molecule has 0 spiro atoms. The zero-order chi connectivity index (χ0) is 18.3. The number of likely N-dealkylation sites (tertiary alicyclic amines) is 1. The van der Waals surface area contributed by atoms with Crippen LogP contribution in [0.2, 0.25) is 0 Å². The maximum atomic E-state index is 12.5. The molecule has 2 aromatic carbocycles. The summed E-state index contributed by atoms with van der Waals surface area (Å²) in [6.07, 6.45) is 1.94. The van der Waals surface area contributed by atoms with E-state index in [2.05, 4.69) is 30.1 Å². The van der Waals surface area contributed by atoms with Gasteiger partial charge in [-0.2, -0.15) is 0 Å². The summed E-state index contributed by atoms with van der Waals surface area (Å²) in [5, 5.41) is 12.9. The Kier molecular flexibility index (Phi) is 4.23. The van der Waals surface area contributed by atoms with Gasteiger partial charge in [0, 0.05) is 11.7 Å². The number of nitrogens with zero attached hydrogens (tertiary/aromatic N) is 1. The maximum Gasteiger partial charge on any atom is 0.238 e. The average molecular weight is 350 g/mol. The quantitative estimate of drug-likeness (QED) is 0.890. The van der Waals surface area contributed by atoms with Crippen LogP contribution in [0, 0.1) is 5.92 Å². The molecular formula is C22H26N2O2. The maximum absolute atomic E-state index is 12.5. The highest BCUT2D eigenvalue weighted by atomic mass is 16.3. The Balaban J connectivity index is 1.53. The topological polar surface area (TPSA) is 52.6 Å². The molecule has 0 saturated carbocycles. The SMILES string of the molecule is C[C@@H]1[C@@H]2Cc3ccc(O)cc3[C@]1(C)CCN2CC(=O)Nc1ccccc1. The molecule has 0 unspecified atom stereocenters. The first-order valence-corrected chi connectivity index (χ1v) is 9.39. The zero-order valence-corrected chi connectivity index (χ0v) is 15.4. The van der Waals surface area contributed by atoms with Gasteiger partial charge >= 0.3 is 0 Å². The van der Waals surface area contributed by atoms with E-state index in [4.69, 9.17) is 0 Å². The molecule has 1 aliphatic heterocycles. The van der Waals surface area contributed by atoms with Crippen LogP contribution in [0.5, 0.6) is 5.75 Å². The molecule has 2 aliphatic rings. The largest absolute Gasteiger partial charge is 0.508 e. The highest BCUT2D eigenvalue weighted by Gasteiger charge is 2.48. The van der Waals surface area contributed by atoms with Crippen molar-refractivity contribution in [2.75, 3.05) is 18.4 Å². The molecule has 4 heteroatoms. The number of rotatable bonds is 3. The Morgan fingerprint density at radius 1 is 1.27 bits per heavy atom. The minimum absolute atomic E-state index is 0.0449. The van der Waals surface area contributed by atoms with Crippen molar-refractivity contribution in [2.24, 2.45) is 5.92 Å². The molecule has 0 aromatic heterocycles. The molecule has 4 rings (SSSR count). The van der Waals surface area contributed by atoms with Crippen molar-refractivity contribution in [3.63, 3.8) is 0 Å². The van der Waals surface area contributed by atoms with E-state index < -0.39 is 0 Å². The van der Waals surface area contributed by atoms with Crippen LogP contribution >= 0.6 is 0 Å². The minimum Gasteiger partial charge on any atom is -0.508 e. The second kappa shape index (κ2) is 6.44. The van der Waals surface area contributed by atoms with E-state index in [-0.39, 0.29) is 11.3 Å². The first-order chi connectivity index (χ1) is 12.5. The van der Waals surface area contributed by atoms with Gasteiger partial charge < -0.3 is 10.4 Å². The van der Waals surface area contributed by atoms with Crippen molar-refractivity contribution in [2.45, 2.75) is 38.1 Å². The van der Waals surface area contributed by atoms with Crippen molar-refractivity contribution < 1.29 is 9.90 Å². The van der Waals surface area contributed by atoms with Gasteiger partial charge in [0.25, 0.3) is 0 Å². The van der Waals surface area contributed by atoms with Gasteiger partial charge in [-0.1, -0.05) is 38.1 Å². The number of hydrogen-bond donors (Lipinski definition) is 2. The molecule has 3 atom stereocenters. The molecule has 1 saturated heterocycles. The Hall–Kier alpha value is -2.33. The van der Waals surface area contributed by atoms with Gasteiger partial charge in [-0.3, -0.25) is 9.69 Å². The van der Waals surface area contributed by atoms with E-state index in [1.807, 2.05) is 36.4 Å². The van der Waals surface area contributed by atoms with Gasteiger partial charge in [0.05, 0.1) is 6.54 Å². The minimum atomic E-state index is 0.0449. The first-order valence-electron chi connectivity index (χ1n) is 9.39. The molecule has 0 radical (unpaired) electrons. The second-order valence-corrected chi connectivity index (χ2v) is 7.95. The fourth-order valence-electron chi connectivity index (χ4n) is 4.80. The predicted octanol–water partition coefficient (Wildman–Crippen LogP) is 3.56. The Bertz CT molecular complexity index is 820. The number of amides is 1. The van der Waals surface area contributed by atoms with Crippen molar-refractivity contribution in [3.8, 4) is 5.75 Å². The highest BCUT2D eigenvalue weighted by molar-refractivity contribution is 5.92. The number of aromatic hydroxyl groups is 1. The monoisotopic (exact) mass is 350 g/mol. The van der Waals surface area contributed by atoms with Crippen LogP contribution in [-0.4, -0.2) is 35.0 Å². The van der Waals surface area contributed by atoms with Crippen LogP contribution in [0.4, 0.5) is 5.69 Å². The molecule has 1 heterocycles. The summed E-state index contributed by atoms with van der Waals surface area (Å²) < 4.78 is 0. The summed E-state index contributed by atoms with van der Waals surface area (Å²) in [5.41, 5.74) is 3.50. The van der Waals surface area contributed by atoms with Crippen molar-refractivity contribution in [1.82, 2.24) is 4.90 Å². The third-order valence-corrected chi connectivity index (χ3v) is 6.51. The highest BCUT2D eigenvalue weighted by Crippen LogP contribution is 2.49. The van der Waals surface area contributed by atoms with Crippen LogP contribution < -0.4 is 5.32 Å². The smallest absolute Gasteiger partial charge is 0.238 e. The predicted molar refractivity (Wildman–Crippen MR) is 103 cm³/mol. The third kappa shape index (κ3) is 2.88. The lowest BCUT2D eigenvalue weighted by Crippen LogP contribution is -2.59. The van der Waals surface area contributed by atoms with Crippen molar-refractivity contribution in [1.29, 1.82) is 0 Å². The van der Waals surface area contributed by atoms with Crippen LogP contribution in [0.1, 0.15) is 31.4 Å². The number of hydrogen-bond acceptors (Lipinski definition) is 3. The van der Waals surface area contributed by atoms with Crippen molar-refractivity contribution >= 4 is 11.6 Å². The number of carbonyl (C=O) groups excluding carboxylic acids is 1. The van der Waals surface area contributed by atoms with E-state index >= 15 is 0 Å². The van der Waals surface area contributed by atoms with E-state index in [9.17, 15) is 9.90 Å². The number of benzene rings is 2. The first kappa shape index (κ1) is 17.1. The van der Waals surface area contributed by atoms with E-state index in [1.54, 1.807) is 6.07 Å². The number of piperidine rings is 1. The molecule has 4 nitrogen and oxygen atoms in total. The van der Waals surface area contributed by atoms with Gasteiger partial charge in [-0.05, 0) is 66.1 Å². The number of fused-ring (bicyclic) bond motifs is 4. The lowest BCUT2D eigenvalue weighted by atomic mass is 9.59. The second-order valence-electron chi connectivity index (χ2n) is 7.95. The standard InChI is InChI=1S/C22H26N2O2/c1-15-20-12-16-8-9-18(25)13-19(16)22(15,2)10-11-24(20)14-21(26)23-17-6-4-3-5-7-17/h3-9,13,15,20,25H,10-12,14H2,1-2H3,(H,23,26)/t15-,20+,22-/m1/s1. The molecule has 2 N–H and O–H groups in total. The summed E-state index contributed by atoms with van der Waals surface area (Å²) in [7, 11) is 0. The van der Waals surface area contributed by atoms with Gasteiger partial charge in [0.1, 0.15) is 5.75 Å². The fourth-order valence-corrected chi connectivity index (χ4v) is 4.80. The molecule has 1 aliphatic carbocycles. The summed E-state index contributed by atoms with van der Waals surface area (Å²) in [6.45, 7) is 5.93. The van der Waals surface area contributed by atoms with Crippen LogP contribution in [-0.2, 0) is 16.6 Å². The normalized spacial score (nSPS) is 27.6. The molecule has 26 heavy (non-hydrogen) atoms.